The number of rotatable bonds is 9. The quantitative estimate of drug-likeness (QED) is 0.603. The van der Waals surface area contributed by atoms with Crippen molar-refractivity contribution in [2.45, 2.75) is 81.4 Å². The number of thioether (sulfide) groups is 1. The molecule has 0 saturated heterocycles. The summed E-state index contributed by atoms with van der Waals surface area (Å²) in [7, 11) is 4.14. The minimum absolute atomic E-state index is 0.0994. The highest BCUT2D eigenvalue weighted by Crippen LogP contribution is 2.29. The topological polar surface area (TPSA) is 63.1 Å². The van der Waals surface area contributed by atoms with Crippen LogP contribution in [0.4, 0.5) is 0 Å². The number of carbonyl (C=O) groups is 1. The van der Waals surface area contributed by atoms with Crippen LogP contribution >= 0.6 is 11.8 Å². The SMILES string of the molecule is CC[C@H](c1nnc(S[C@@H](C)C(=O)NC2CCCCC2)n1Cc1ccccc1)N(C)C. The Morgan fingerprint density at radius 1 is 1.20 bits per heavy atom. The standard InChI is InChI=1S/C23H35N5OS/c1-5-20(27(3)4)21-25-26-23(28(21)16-18-12-8-6-9-13-18)30-17(2)22(29)24-19-14-10-7-11-15-19/h6,8-9,12-13,17,19-20H,5,7,10-11,14-16H2,1-4H3,(H,24,29)/t17-,20+/m0/s1. The number of aromatic nitrogens is 3. The highest BCUT2D eigenvalue weighted by atomic mass is 32.2. The highest BCUT2D eigenvalue weighted by Gasteiger charge is 2.26. The molecule has 3 rings (SSSR count). The fourth-order valence-electron chi connectivity index (χ4n) is 4.10. The lowest BCUT2D eigenvalue weighted by Crippen LogP contribution is -2.40. The Morgan fingerprint density at radius 2 is 1.90 bits per heavy atom. The maximum Gasteiger partial charge on any atom is 0.233 e. The first kappa shape index (κ1) is 22.8. The average Bonchev–Trinajstić information content (AvgIpc) is 3.11. The van der Waals surface area contributed by atoms with Gasteiger partial charge in [-0.05, 0) is 45.8 Å². The van der Waals surface area contributed by atoms with Crippen LogP contribution in [-0.2, 0) is 11.3 Å². The van der Waals surface area contributed by atoms with E-state index in [1.807, 2.05) is 13.0 Å². The highest BCUT2D eigenvalue weighted by molar-refractivity contribution is 8.00. The van der Waals surface area contributed by atoms with E-state index in [-0.39, 0.29) is 17.2 Å². The minimum Gasteiger partial charge on any atom is -0.352 e. The van der Waals surface area contributed by atoms with Gasteiger partial charge in [0.25, 0.3) is 0 Å². The van der Waals surface area contributed by atoms with Gasteiger partial charge in [-0.1, -0.05) is 68.3 Å². The lowest BCUT2D eigenvalue weighted by molar-refractivity contribution is -0.121. The number of benzene rings is 1. The van der Waals surface area contributed by atoms with Crippen LogP contribution in [-0.4, -0.2) is 51.0 Å². The molecule has 1 aromatic carbocycles. The van der Waals surface area contributed by atoms with Crippen LogP contribution in [0.3, 0.4) is 0 Å². The molecule has 0 unspecified atom stereocenters. The van der Waals surface area contributed by atoms with E-state index in [9.17, 15) is 4.79 Å². The molecule has 164 valence electrons. The molecular formula is C23H35N5OS. The monoisotopic (exact) mass is 429 g/mol. The first-order chi connectivity index (χ1) is 14.5. The number of hydrogen-bond acceptors (Lipinski definition) is 5. The molecule has 2 atom stereocenters. The van der Waals surface area contributed by atoms with Gasteiger partial charge in [0.15, 0.2) is 11.0 Å². The van der Waals surface area contributed by atoms with Crippen LogP contribution < -0.4 is 5.32 Å². The third-order valence-electron chi connectivity index (χ3n) is 5.84. The summed E-state index contributed by atoms with van der Waals surface area (Å²) in [6, 6.07) is 10.9. The molecule has 0 spiro atoms. The van der Waals surface area contributed by atoms with E-state index in [2.05, 4.69) is 70.3 Å². The maximum atomic E-state index is 12.8. The molecule has 1 aromatic heterocycles. The van der Waals surface area contributed by atoms with E-state index in [0.29, 0.717) is 12.6 Å². The Bertz CT molecular complexity index is 801. The third-order valence-corrected chi connectivity index (χ3v) is 6.92. The predicted octanol–water partition coefficient (Wildman–Crippen LogP) is 4.27. The van der Waals surface area contributed by atoms with Crippen molar-refractivity contribution in [3.8, 4) is 0 Å². The molecule has 1 saturated carbocycles. The summed E-state index contributed by atoms with van der Waals surface area (Å²) in [6.07, 6.45) is 6.85. The molecule has 1 aliphatic rings. The van der Waals surface area contributed by atoms with Gasteiger partial charge in [-0.3, -0.25) is 9.69 Å². The largest absolute Gasteiger partial charge is 0.352 e. The first-order valence-electron chi connectivity index (χ1n) is 11.1. The molecule has 1 aliphatic carbocycles. The molecule has 1 N–H and O–H groups in total. The van der Waals surface area contributed by atoms with Gasteiger partial charge in [0, 0.05) is 6.04 Å². The van der Waals surface area contributed by atoms with Crippen LogP contribution in [0.5, 0.6) is 0 Å². The van der Waals surface area contributed by atoms with Crippen molar-refractivity contribution in [3.05, 3.63) is 41.7 Å². The third kappa shape index (κ3) is 5.85. The molecule has 7 heteroatoms. The van der Waals surface area contributed by atoms with Crippen LogP contribution in [0.2, 0.25) is 0 Å². The number of carbonyl (C=O) groups excluding carboxylic acids is 1. The summed E-state index contributed by atoms with van der Waals surface area (Å²) in [4.78, 5) is 15.0. The molecule has 0 radical (unpaired) electrons. The van der Waals surface area contributed by atoms with Gasteiger partial charge >= 0.3 is 0 Å². The summed E-state index contributed by atoms with van der Waals surface area (Å²) in [6.45, 7) is 4.83. The fourth-order valence-corrected chi connectivity index (χ4v) is 4.97. The predicted molar refractivity (Wildman–Crippen MR) is 123 cm³/mol. The van der Waals surface area contributed by atoms with E-state index in [0.717, 1.165) is 30.2 Å². The van der Waals surface area contributed by atoms with Crippen molar-refractivity contribution in [2.24, 2.45) is 0 Å². The molecular weight excluding hydrogens is 394 g/mol. The van der Waals surface area contributed by atoms with Crippen molar-refractivity contribution >= 4 is 17.7 Å². The van der Waals surface area contributed by atoms with Crippen molar-refractivity contribution in [2.75, 3.05) is 14.1 Å². The Balaban J connectivity index is 1.78. The number of nitrogens with one attached hydrogen (secondary N) is 1. The van der Waals surface area contributed by atoms with Crippen LogP contribution in [0.1, 0.15) is 69.8 Å². The second kappa shape index (κ2) is 11.0. The van der Waals surface area contributed by atoms with E-state index in [4.69, 9.17) is 0 Å². The van der Waals surface area contributed by atoms with Gasteiger partial charge in [-0.15, -0.1) is 10.2 Å². The maximum absolute atomic E-state index is 12.8. The van der Waals surface area contributed by atoms with E-state index in [1.54, 1.807) is 0 Å². The van der Waals surface area contributed by atoms with Crippen molar-refractivity contribution < 1.29 is 4.79 Å². The zero-order chi connectivity index (χ0) is 21.5. The van der Waals surface area contributed by atoms with Crippen molar-refractivity contribution in [1.82, 2.24) is 25.0 Å². The zero-order valence-corrected chi connectivity index (χ0v) is 19.5. The van der Waals surface area contributed by atoms with E-state index >= 15 is 0 Å². The van der Waals surface area contributed by atoms with E-state index < -0.39 is 0 Å². The molecule has 1 heterocycles. The second-order valence-electron chi connectivity index (χ2n) is 8.40. The number of amides is 1. The number of hydrogen-bond donors (Lipinski definition) is 1. The molecule has 1 fully saturated rings. The van der Waals surface area contributed by atoms with Gasteiger partial charge in [-0.25, -0.2) is 0 Å². The first-order valence-corrected chi connectivity index (χ1v) is 12.0. The average molecular weight is 430 g/mol. The van der Waals surface area contributed by atoms with Crippen LogP contribution in [0, 0.1) is 0 Å². The summed E-state index contributed by atoms with van der Waals surface area (Å²) in [5.41, 5.74) is 1.20. The van der Waals surface area contributed by atoms with Gasteiger partial charge < -0.3 is 9.88 Å². The van der Waals surface area contributed by atoms with E-state index in [1.165, 1.54) is 36.6 Å². The van der Waals surface area contributed by atoms with Gasteiger partial charge in [0.2, 0.25) is 5.91 Å². The smallest absolute Gasteiger partial charge is 0.233 e. The Kier molecular flexibility index (Phi) is 8.33. The molecule has 6 nitrogen and oxygen atoms in total. The molecule has 2 aromatic rings. The van der Waals surface area contributed by atoms with Crippen molar-refractivity contribution in [3.63, 3.8) is 0 Å². The molecule has 30 heavy (non-hydrogen) atoms. The van der Waals surface area contributed by atoms with Gasteiger partial charge in [-0.2, -0.15) is 0 Å². The summed E-state index contributed by atoms with van der Waals surface area (Å²) < 4.78 is 2.18. The van der Waals surface area contributed by atoms with Crippen LogP contribution in [0.25, 0.3) is 0 Å². The minimum atomic E-state index is -0.210. The second-order valence-corrected chi connectivity index (χ2v) is 9.71. The fraction of sp³-hybridized carbons (Fsp3) is 0.609. The summed E-state index contributed by atoms with van der Waals surface area (Å²) in [5.74, 6) is 1.05. The summed E-state index contributed by atoms with van der Waals surface area (Å²) >= 11 is 1.51. The zero-order valence-electron chi connectivity index (χ0n) is 18.7. The molecule has 0 aliphatic heterocycles. The number of nitrogens with zero attached hydrogens (tertiary/aromatic N) is 4. The summed E-state index contributed by atoms with van der Waals surface area (Å²) in [5, 5.41) is 12.9. The normalized spacial score (nSPS) is 17.1. The lowest BCUT2D eigenvalue weighted by Gasteiger charge is -2.25. The van der Waals surface area contributed by atoms with Gasteiger partial charge in [0.1, 0.15) is 0 Å². The Labute approximate surface area is 184 Å². The molecule has 1 amide bonds. The molecule has 0 bridgehead atoms. The Morgan fingerprint density at radius 3 is 2.53 bits per heavy atom. The van der Waals surface area contributed by atoms with Crippen molar-refractivity contribution in [1.29, 1.82) is 0 Å². The lowest BCUT2D eigenvalue weighted by atomic mass is 9.95. The van der Waals surface area contributed by atoms with Crippen LogP contribution in [0.15, 0.2) is 35.5 Å². The Hall–Kier alpha value is -1.86. The van der Waals surface area contributed by atoms with Gasteiger partial charge in [0.05, 0.1) is 17.8 Å².